The first-order chi connectivity index (χ1) is 37.8. The molecule has 1 saturated heterocycles. The Morgan fingerprint density at radius 3 is 1.19 bits per heavy atom. The number of amides is 1. The van der Waals surface area contributed by atoms with Crippen molar-refractivity contribution in [3.63, 3.8) is 0 Å². The van der Waals surface area contributed by atoms with Crippen molar-refractivity contribution in [2.75, 3.05) is 13.2 Å². The van der Waals surface area contributed by atoms with E-state index in [0.717, 1.165) is 89.9 Å². The van der Waals surface area contributed by atoms with Crippen molar-refractivity contribution in [3.05, 3.63) is 85.1 Å². The Morgan fingerprint density at radius 1 is 0.455 bits per heavy atom. The molecule has 77 heavy (non-hydrogen) atoms. The standard InChI is InChI=1S/C68H121NO8/c1-3-5-7-9-11-13-15-17-19-21-23-25-27-28-29-30-31-32-33-34-36-38-40-42-44-46-48-50-52-54-56-58-64(72)69-61(60-76-68-67(75)66(74)65(73)63(59-70)77-68)62(71)57-55-53-51-49-47-45-43-41-39-37-35-26-24-22-20-18-16-14-12-10-8-6-4-2/h5,7,11,13,17,19,23,25,28-29,31-32,34,36,61-63,65-68,70-71,73-75H,3-4,6,8-10,12,14-16,18,20-22,24,26-27,30,33,35,37-60H2,1-2H3,(H,69,72)/b7-5-,13-11-,19-17-,25-23-,29-28-,32-31-,36-34-. The van der Waals surface area contributed by atoms with E-state index in [1.165, 1.54) is 167 Å². The van der Waals surface area contributed by atoms with E-state index in [2.05, 4.69) is 104 Å². The molecular formula is C68H121NO8. The van der Waals surface area contributed by atoms with Gasteiger partial charge in [-0.2, -0.15) is 0 Å². The quantitative estimate of drug-likeness (QED) is 0.0261. The number of allylic oxidation sites excluding steroid dienone is 14. The van der Waals surface area contributed by atoms with Gasteiger partial charge in [0.15, 0.2) is 6.29 Å². The number of carbonyl (C=O) groups is 1. The summed E-state index contributed by atoms with van der Waals surface area (Å²) in [5.74, 6) is -0.151. The van der Waals surface area contributed by atoms with E-state index in [0.29, 0.717) is 12.8 Å². The van der Waals surface area contributed by atoms with Gasteiger partial charge in [0.2, 0.25) is 5.91 Å². The molecule has 1 aliphatic rings. The smallest absolute Gasteiger partial charge is 0.220 e. The van der Waals surface area contributed by atoms with Gasteiger partial charge in [-0.25, -0.2) is 0 Å². The van der Waals surface area contributed by atoms with Crippen molar-refractivity contribution in [1.29, 1.82) is 0 Å². The van der Waals surface area contributed by atoms with Gasteiger partial charge in [0, 0.05) is 6.42 Å². The van der Waals surface area contributed by atoms with Crippen LogP contribution in [0.1, 0.15) is 284 Å². The minimum Gasteiger partial charge on any atom is -0.394 e. The molecule has 0 bridgehead atoms. The molecule has 0 saturated carbocycles. The van der Waals surface area contributed by atoms with E-state index in [4.69, 9.17) is 9.47 Å². The van der Waals surface area contributed by atoms with Crippen LogP contribution in [0.2, 0.25) is 0 Å². The van der Waals surface area contributed by atoms with Crippen LogP contribution in [0.5, 0.6) is 0 Å². The lowest BCUT2D eigenvalue weighted by Crippen LogP contribution is -2.60. The molecule has 0 aromatic rings. The second-order valence-corrected chi connectivity index (χ2v) is 22.2. The number of nitrogens with one attached hydrogen (secondary N) is 1. The summed E-state index contributed by atoms with van der Waals surface area (Å²) >= 11 is 0. The molecule has 0 aliphatic carbocycles. The number of ether oxygens (including phenoxy) is 2. The molecule has 6 N–H and O–H groups in total. The molecule has 0 aromatic heterocycles. The van der Waals surface area contributed by atoms with Crippen LogP contribution in [0, 0.1) is 0 Å². The van der Waals surface area contributed by atoms with Gasteiger partial charge in [0.25, 0.3) is 0 Å². The molecule has 1 fully saturated rings. The normalized spacial score (nSPS) is 19.3. The molecule has 0 spiro atoms. The molecule has 446 valence electrons. The van der Waals surface area contributed by atoms with E-state index in [1.807, 2.05) is 0 Å². The van der Waals surface area contributed by atoms with Crippen molar-refractivity contribution < 1.29 is 39.8 Å². The van der Waals surface area contributed by atoms with Crippen molar-refractivity contribution >= 4 is 5.91 Å². The topological polar surface area (TPSA) is 149 Å². The summed E-state index contributed by atoms with van der Waals surface area (Å²) in [4.78, 5) is 13.1. The van der Waals surface area contributed by atoms with Gasteiger partial charge in [0.05, 0.1) is 25.4 Å². The monoisotopic (exact) mass is 1080 g/mol. The minimum atomic E-state index is -1.56. The zero-order chi connectivity index (χ0) is 55.8. The maximum atomic E-state index is 13.1. The lowest BCUT2D eigenvalue weighted by atomic mass is 9.99. The van der Waals surface area contributed by atoms with E-state index < -0.39 is 49.5 Å². The predicted molar refractivity (Wildman–Crippen MR) is 327 cm³/mol. The highest BCUT2D eigenvalue weighted by atomic mass is 16.7. The van der Waals surface area contributed by atoms with Gasteiger partial charge in [-0.15, -0.1) is 0 Å². The highest BCUT2D eigenvalue weighted by Gasteiger charge is 2.44. The SMILES string of the molecule is CC/C=C\C/C=C\C/C=C\C/C=C\C/C=C\C/C=C\C/C=C\CCCCCCCCCCCC(=O)NC(COC1OC(CO)C(O)C(O)C1O)C(O)CCCCCCCCCCCCCCCCCCCCCCCCC. The van der Waals surface area contributed by atoms with Gasteiger partial charge in [-0.05, 0) is 70.6 Å². The van der Waals surface area contributed by atoms with Crippen LogP contribution in [0.4, 0.5) is 0 Å². The zero-order valence-corrected chi connectivity index (χ0v) is 49.7. The zero-order valence-electron chi connectivity index (χ0n) is 49.7. The molecular weight excluding hydrogens is 959 g/mol. The fourth-order valence-electron chi connectivity index (χ4n) is 9.97. The number of rotatable bonds is 55. The largest absolute Gasteiger partial charge is 0.394 e. The van der Waals surface area contributed by atoms with Crippen LogP contribution in [-0.2, 0) is 14.3 Å². The maximum Gasteiger partial charge on any atom is 0.220 e. The van der Waals surface area contributed by atoms with E-state index >= 15 is 0 Å². The molecule has 1 heterocycles. The van der Waals surface area contributed by atoms with Crippen molar-refractivity contribution in [3.8, 4) is 0 Å². The number of aliphatic hydroxyl groups excluding tert-OH is 5. The van der Waals surface area contributed by atoms with E-state index in [9.17, 15) is 30.3 Å². The first-order valence-electron chi connectivity index (χ1n) is 32.3. The molecule has 0 radical (unpaired) electrons. The Hall–Kier alpha value is -2.63. The van der Waals surface area contributed by atoms with Crippen LogP contribution < -0.4 is 5.32 Å². The Morgan fingerprint density at radius 2 is 0.805 bits per heavy atom. The third kappa shape index (κ3) is 45.8. The van der Waals surface area contributed by atoms with Gasteiger partial charge in [-0.1, -0.05) is 292 Å². The highest BCUT2D eigenvalue weighted by Crippen LogP contribution is 2.23. The van der Waals surface area contributed by atoms with E-state index in [1.54, 1.807) is 0 Å². The fraction of sp³-hybridized carbons (Fsp3) is 0.779. The summed E-state index contributed by atoms with van der Waals surface area (Å²) in [6.07, 6.45) is 73.3. The van der Waals surface area contributed by atoms with Crippen LogP contribution in [-0.4, -0.2) is 87.5 Å². The summed E-state index contributed by atoms with van der Waals surface area (Å²) in [5.41, 5.74) is 0. The number of hydrogen-bond acceptors (Lipinski definition) is 8. The summed E-state index contributed by atoms with van der Waals surface area (Å²) in [5, 5.41) is 54.8. The van der Waals surface area contributed by atoms with E-state index in [-0.39, 0.29) is 12.5 Å². The average molecular weight is 1080 g/mol. The summed E-state index contributed by atoms with van der Waals surface area (Å²) in [7, 11) is 0. The molecule has 9 nitrogen and oxygen atoms in total. The number of hydrogen-bond donors (Lipinski definition) is 6. The van der Waals surface area contributed by atoms with Crippen molar-refractivity contribution in [2.24, 2.45) is 0 Å². The van der Waals surface area contributed by atoms with Crippen molar-refractivity contribution in [2.45, 2.75) is 326 Å². The number of unbranched alkanes of at least 4 members (excludes halogenated alkanes) is 31. The van der Waals surface area contributed by atoms with Gasteiger partial charge < -0.3 is 40.3 Å². The van der Waals surface area contributed by atoms with Gasteiger partial charge in [0.1, 0.15) is 24.4 Å². The van der Waals surface area contributed by atoms with Crippen LogP contribution >= 0.6 is 0 Å². The maximum absolute atomic E-state index is 13.1. The number of carbonyl (C=O) groups excluding carboxylic acids is 1. The Balaban J connectivity index is 2.18. The predicted octanol–water partition coefficient (Wildman–Crippen LogP) is 17.0. The summed E-state index contributed by atoms with van der Waals surface area (Å²) in [6, 6.07) is -0.729. The third-order valence-electron chi connectivity index (χ3n) is 15.0. The first kappa shape index (κ1) is 72.4. The summed E-state index contributed by atoms with van der Waals surface area (Å²) < 4.78 is 11.3. The Kier molecular flexibility index (Phi) is 53.2. The summed E-state index contributed by atoms with van der Waals surface area (Å²) in [6.45, 7) is 3.75. The van der Waals surface area contributed by atoms with Crippen LogP contribution in [0.25, 0.3) is 0 Å². The highest BCUT2D eigenvalue weighted by molar-refractivity contribution is 5.76. The van der Waals surface area contributed by atoms with Crippen LogP contribution in [0.3, 0.4) is 0 Å². The third-order valence-corrected chi connectivity index (χ3v) is 15.0. The lowest BCUT2D eigenvalue weighted by Gasteiger charge is -2.40. The molecule has 1 amide bonds. The molecule has 7 unspecified atom stereocenters. The lowest BCUT2D eigenvalue weighted by molar-refractivity contribution is -0.302. The van der Waals surface area contributed by atoms with Gasteiger partial charge >= 0.3 is 0 Å². The van der Waals surface area contributed by atoms with Crippen LogP contribution in [0.15, 0.2) is 85.1 Å². The van der Waals surface area contributed by atoms with Crippen molar-refractivity contribution in [1.82, 2.24) is 5.32 Å². The molecule has 7 atom stereocenters. The Labute approximate surface area is 473 Å². The molecule has 9 heteroatoms. The fourth-order valence-corrected chi connectivity index (χ4v) is 9.97. The Bertz CT molecular complexity index is 1490. The first-order valence-corrected chi connectivity index (χ1v) is 32.3. The number of aliphatic hydroxyl groups is 5. The molecule has 0 aromatic carbocycles. The second kappa shape index (κ2) is 56.6. The molecule has 1 rings (SSSR count). The van der Waals surface area contributed by atoms with Gasteiger partial charge in [-0.3, -0.25) is 4.79 Å². The minimum absolute atomic E-state index is 0.143. The second-order valence-electron chi connectivity index (χ2n) is 22.2. The molecule has 1 aliphatic heterocycles. The average Bonchev–Trinajstić information content (AvgIpc) is 3.43.